The Bertz CT molecular complexity index is 424. The van der Waals surface area contributed by atoms with Gasteiger partial charge in [0.2, 0.25) is 11.8 Å². The molecule has 0 radical (unpaired) electrons. The molecule has 4 nitrogen and oxygen atoms in total. The molecule has 1 aromatic carbocycles. The van der Waals surface area contributed by atoms with Crippen LogP contribution in [0.4, 0.5) is 0 Å². The van der Waals surface area contributed by atoms with Crippen LogP contribution in [0, 0.1) is 0 Å². The van der Waals surface area contributed by atoms with Crippen molar-refractivity contribution in [2.75, 3.05) is 0 Å². The van der Waals surface area contributed by atoms with Gasteiger partial charge in [-0.15, -0.1) is 0 Å². The Morgan fingerprint density at radius 3 is 2.19 bits per heavy atom. The quantitative estimate of drug-likeness (QED) is 0.728. The van der Waals surface area contributed by atoms with Gasteiger partial charge in [-0.3, -0.25) is 9.59 Å². The van der Waals surface area contributed by atoms with E-state index in [0.717, 1.165) is 11.6 Å². The van der Waals surface area contributed by atoms with E-state index in [2.05, 4.69) is 0 Å². The van der Waals surface area contributed by atoms with E-state index in [1.165, 1.54) is 0 Å². The van der Waals surface area contributed by atoms with Gasteiger partial charge in [0.25, 0.3) is 0 Å². The number of hydrogen-bond donors (Lipinski definition) is 2. The van der Waals surface area contributed by atoms with Crippen molar-refractivity contribution in [3.05, 3.63) is 47.5 Å². The molecular weight excluding hydrogens is 204 g/mol. The van der Waals surface area contributed by atoms with Gasteiger partial charge in [0.1, 0.15) is 0 Å². The Labute approximate surface area is 93.9 Å². The number of carbonyl (C=O) groups is 2. The summed E-state index contributed by atoms with van der Waals surface area (Å²) in [7, 11) is 0. The number of rotatable bonds is 4. The second-order valence-corrected chi connectivity index (χ2v) is 3.50. The van der Waals surface area contributed by atoms with E-state index in [1.54, 1.807) is 6.92 Å². The third-order valence-electron chi connectivity index (χ3n) is 2.35. The summed E-state index contributed by atoms with van der Waals surface area (Å²) in [4.78, 5) is 22.0. The SMILES string of the molecule is CC(/C(=C/C(N)=O)C(N)=O)c1ccccc1. The summed E-state index contributed by atoms with van der Waals surface area (Å²) in [5, 5.41) is 0. The van der Waals surface area contributed by atoms with E-state index < -0.39 is 11.8 Å². The van der Waals surface area contributed by atoms with Crippen molar-refractivity contribution in [3.8, 4) is 0 Å². The Hall–Kier alpha value is -2.10. The zero-order valence-corrected chi connectivity index (χ0v) is 9.01. The highest BCUT2D eigenvalue weighted by molar-refractivity contribution is 6.00. The topological polar surface area (TPSA) is 86.2 Å². The van der Waals surface area contributed by atoms with E-state index in [0.29, 0.717) is 0 Å². The molecule has 0 aliphatic rings. The number of amides is 2. The van der Waals surface area contributed by atoms with Gasteiger partial charge in [-0.1, -0.05) is 37.3 Å². The Kier molecular flexibility index (Phi) is 3.83. The largest absolute Gasteiger partial charge is 0.366 e. The van der Waals surface area contributed by atoms with Crippen LogP contribution in [0.2, 0.25) is 0 Å². The van der Waals surface area contributed by atoms with E-state index in [4.69, 9.17) is 11.5 Å². The van der Waals surface area contributed by atoms with Crippen LogP contribution in [-0.4, -0.2) is 11.8 Å². The highest BCUT2D eigenvalue weighted by Crippen LogP contribution is 2.22. The molecule has 0 saturated heterocycles. The number of carbonyl (C=O) groups excluding carboxylic acids is 2. The fraction of sp³-hybridized carbons (Fsp3) is 0.167. The summed E-state index contributed by atoms with van der Waals surface area (Å²) in [5.41, 5.74) is 11.4. The first-order chi connectivity index (χ1) is 7.52. The lowest BCUT2D eigenvalue weighted by Crippen LogP contribution is -2.21. The van der Waals surface area contributed by atoms with Gasteiger partial charge < -0.3 is 11.5 Å². The van der Waals surface area contributed by atoms with Crippen molar-refractivity contribution in [2.24, 2.45) is 11.5 Å². The summed E-state index contributed by atoms with van der Waals surface area (Å²) >= 11 is 0. The van der Waals surface area contributed by atoms with Crippen LogP contribution in [0.15, 0.2) is 42.0 Å². The smallest absolute Gasteiger partial charge is 0.245 e. The lowest BCUT2D eigenvalue weighted by molar-refractivity contribution is -0.116. The van der Waals surface area contributed by atoms with Gasteiger partial charge in [0, 0.05) is 17.6 Å². The molecular formula is C12H14N2O2. The molecule has 0 saturated carbocycles. The predicted molar refractivity (Wildman–Crippen MR) is 61.3 cm³/mol. The van der Waals surface area contributed by atoms with Gasteiger partial charge >= 0.3 is 0 Å². The van der Waals surface area contributed by atoms with Crippen molar-refractivity contribution < 1.29 is 9.59 Å². The lowest BCUT2D eigenvalue weighted by Gasteiger charge is -2.13. The molecule has 16 heavy (non-hydrogen) atoms. The van der Waals surface area contributed by atoms with Crippen molar-refractivity contribution in [3.63, 3.8) is 0 Å². The van der Waals surface area contributed by atoms with Crippen molar-refractivity contribution >= 4 is 11.8 Å². The monoisotopic (exact) mass is 218 g/mol. The molecule has 84 valence electrons. The van der Waals surface area contributed by atoms with Crippen LogP contribution in [0.25, 0.3) is 0 Å². The standard InChI is InChI=1S/C12H14N2O2/c1-8(9-5-3-2-4-6-9)10(12(14)16)7-11(13)15/h2-8H,1H3,(H2,13,15)(H2,14,16)/b10-7-. The highest BCUT2D eigenvalue weighted by Gasteiger charge is 2.16. The van der Waals surface area contributed by atoms with Gasteiger partial charge in [-0.25, -0.2) is 0 Å². The normalized spacial score (nSPS) is 13.2. The molecule has 4 heteroatoms. The highest BCUT2D eigenvalue weighted by atomic mass is 16.1. The zero-order valence-electron chi connectivity index (χ0n) is 9.01. The Morgan fingerprint density at radius 2 is 1.75 bits per heavy atom. The summed E-state index contributed by atoms with van der Waals surface area (Å²) in [6, 6.07) is 9.31. The molecule has 2 amide bonds. The number of hydrogen-bond acceptors (Lipinski definition) is 2. The molecule has 1 aromatic rings. The molecule has 0 aliphatic heterocycles. The average Bonchev–Trinajstić information content (AvgIpc) is 2.25. The molecule has 1 atom stereocenters. The van der Waals surface area contributed by atoms with Crippen LogP contribution in [0.1, 0.15) is 18.4 Å². The van der Waals surface area contributed by atoms with Crippen LogP contribution in [0.3, 0.4) is 0 Å². The molecule has 0 aromatic heterocycles. The molecule has 1 rings (SSSR count). The zero-order chi connectivity index (χ0) is 12.1. The van der Waals surface area contributed by atoms with E-state index in [9.17, 15) is 9.59 Å². The summed E-state index contributed by atoms with van der Waals surface area (Å²) in [6.07, 6.45) is 1.08. The minimum atomic E-state index is -0.670. The molecule has 1 unspecified atom stereocenters. The fourth-order valence-corrected chi connectivity index (χ4v) is 1.48. The van der Waals surface area contributed by atoms with Crippen LogP contribution in [0.5, 0.6) is 0 Å². The fourth-order valence-electron chi connectivity index (χ4n) is 1.48. The van der Waals surface area contributed by atoms with Crippen LogP contribution in [-0.2, 0) is 9.59 Å². The molecule has 0 bridgehead atoms. The first-order valence-electron chi connectivity index (χ1n) is 4.88. The average molecular weight is 218 g/mol. The second kappa shape index (κ2) is 5.11. The molecule has 0 fully saturated rings. The maximum Gasteiger partial charge on any atom is 0.245 e. The summed E-state index contributed by atoms with van der Waals surface area (Å²) < 4.78 is 0. The van der Waals surface area contributed by atoms with E-state index >= 15 is 0 Å². The van der Waals surface area contributed by atoms with Crippen molar-refractivity contribution in [2.45, 2.75) is 12.8 Å². The van der Waals surface area contributed by atoms with Crippen LogP contribution >= 0.6 is 0 Å². The third-order valence-corrected chi connectivity index (χ3v) is 2.35. The van der Waals surface area contributed by atoms with E-state index in [-0.39, 0.29) is 11.5 Å². The number of nitrogens with two attached hydrogens (primary N) is 2. The maximum atomic E-state index is 11.2. The lowest BCUT2D eigenvalue weighted by atomic mass is 9.92. The Balaban J connectivity index is 3.06. The molecule has 0 spiro atoms. The number of primary amides is 2. The maximum absolute atomic E-state index is 11.2. The van der Waals surface area contributed by atoms with Gasteiger partial charge in [0.05, 0.1) is 0 Å². The molecule has 0 aliphatic carbocycles. The third kappa shape index (κ3) is 2.95. The van der Waals surface area contributed by atoms with Gasteiger partial charge in [0.15, 0.2) is 0 Å². The van der Waals surface area contributed by atoms with E-state index in [1.807, 2.05) is 30.3 Å². The summed E-state index contributed by atoms with van der Waals surface area (Å²) in [6.45, 7) is 1.80. The number of benzene rings is 1. The Morgan fingerprint density at radius 1 is 1.19 bits per heavy atom. The molecule has 4 N–H and O–H groups in total. The minimum absolute atomic E-state index is 0.221. The second-order valence-electron chi connectivity index (χ2n) is 3.50. The molecule has 0 heterocycles. The minimum Gasteiger partial charge on any atom is -0.366 e. The first-order valence-corrected chi connectivity index (χ1v) is 4.88. The van der Waals surface area contributed by atoms with Gasteiger partial charge in [-0.2, -0.15) is 0 Å². The van der Waals surface area contributed by atoms with Gasteiger partial charge in [-0.05, 0) is 5.56 Å². The van der Waals surface area contributed by atoms with Crippen molar-refractivity contribution in [1.29, 1.82) is 0 Å². The van der Waals surface area contributed by atoms with Crippen LogP contribution < -0.4 is 11.5 Å². The predicted octanol–water partition coefficient (Wildman–Crippen LogP) is 0.687. The first kappa shape index (κ1) is 12.0. The van der Waals surface area contributed by atoms with Crippen molar-refractivity contribution in [1.82, 2.24) is 0 Å². The summed E-state index contributed by atoms with van der Waals surface area (Å²) in [5.74, 6) is -1.54.